The third-order valence-electron chi connectivity index (χ3n) is 4.94. The topological polar surface area (TPSA) is 41.6 Å². The molecule has 110 valence electrons. The molecule has 2 aliphatic carbocycles. The van der Waals surface area contributed by atoms with Gasteiger partial charge in [0, 0.05) is 6.54 Å². The van der Waals surface area contributed by atoms with E-state index in [9.17, 15) is 4.79 Å². The highest BCUT2D eigenvalue weighted by molar-refractivity contribution is 5.81. The van der Waals surface area contributed by atoms with Crippen LogP contribution in [0.3, 0.4) is 0 Å². The van der Waals surface area contributed by atoms with Crippen LogP contribution in [-0.2, 0) is 9.53 Å². The van der Waals surface area contributed by atoms with Crippen molar-refractivity contribution in [3.8, 4) is 0 Å². The summed E-state index contributed by atoms with van der Waals surface area (Å²) in [5.41, 5.74) is -0.435. The average molecular weight is 268 g/mol. The fourth-order valence-corrected chi connectivity index (χ4v) is 3.56. The summed E-state index contributed by atoms with van der Waals surface area (Å²) in [6.45, 7) is 2.30. The summed E-state index contributed by atoms with van der Waals surface area (Å²) in [5, 5.41) is 3.26. The quantitative estimate of drug-likeness (QED) is 0.713. The van der Waals surface area contributed by atoms with Crippen LogP contribution in [0.4, 0.5) is 0 Å². The Bertz CT molecular complexity index is 317. The first kappa shape index (κ1) is 14.8. The number of hydrogen-bond donors (Lipinski definition) is 1. The number of ether oxygens (including phenoxy) is 1. The summed E-state index contributed by atoms with van der Waals surface area (Å²) >= 11 is 0. The van der Waals surface area contributed by atoms with E-state index < -0.39 is 5.54 Å². The van der Waals surface area contributed by atoms with E-state index in [4.69, 9.17) is 4.74 Å². The first-order valence-electron chi connectivity index (χ1n) is 7.58. The number of esters is 1. The molecule has 0 saturated heterocycles. The van der Waals surface area contributed by atoms with E-state index in [0.29, 0.717) is 5.92 Å². The smallest absolute Gasteiger partial charge is 0.326 e. The van der Waals surface area contributed by atoms with Gasteiger partial charge in [0.15, 0.2) is 0 Å². The van der Waals surface area contributed by atoms with E-state index in [1.807, 2.05) is 7.05 Å². The fourth-order valence-electron chi connectivity index (χ4n) is 3.56. The molecule has 2 fully saturated rings. The fraction of sp³-hybridized carbons (Fsp3) is 0.933. The van der Waals surface area contributed by atoms with Crippen molar-refractivity contribution in [2.45, 2.75) is 44.1 Å². The van der Waals surface area contributed by atoms with E-state index in [-0.39, 0.29) is 5.97 Å². The van der Waals surface area contributed by atoms with Gasteiger partial charge in [-0.15, -0.1) is 0 Å². The van der Waals surface area contributed by atoms with Gasteiger partial charge in [0.2, 0.25) is 0 Å². The molecule has 2 saturated carbocycles. The number of methoxy groups -OCH3 is 1. The minimum Gasteiger partial charge on any atom is -0.468 e. The standard InChI is InChI=1S/C15H28N2O2/c1-16-15(14(18)19-3)9-4-5-13(15)8-10-17(2)11-12-6-7-12/h12-13,16H,4-11H2,1-3H3. The molecule has 0 aromatic heterocycles. The molecule has 2 aliphatic rings. The van der Waals surface area contributed by atoms with Gasteiger partial charge in [0.25, 0.3) is 0 Å². The van der Waals surface area contributed by atoms with E-state index in [2.05, 4.69) is 17.3 Å². The highest BCUT2D eigenvalue weighted by atomic mass is 16.5. The summed E-state index contributed by atoms with van der Waals surface area (Å²) in [5.74, 6) is 1.26. The van der Waals surface area contributed by atoms with Gasteiger partial charge in [0.1, 0.15) is 5.54 Å². The van der Waals surface area contributed by atoms with Crippen LogP contribution in [0.2, 0.25) is 0 Å². The molecular weight excluding hydrogens is 240 g/mol. The molecule has 4 heteroatoms. The van der Waals surface area contributed by atoms with Crippen LogP contribution in [0, 0.1) is 11.8 Å². The summed E-state index contributed by atoms with van der Waals surface area (Å²) in [6.07, 6.45) is 7.04. The number of rotatable bonds is 7. The zero-order chi connectivity index (χ0) is 13.9. The summed E-state index contributed by atoms with van der Waals surface area (Å²) in [6, 6.07) is 0. The monoisotopic (exact) mass is 268 g/mol. The van der Waals surface area contributed by atoms with Crippen LogP contribution in [0.5, 0.6) is 0 Å². The summed E-state index contributed by atoms with van der Waals surface area (Å²) < 4.78 is 5.02. The van der Waals surface area contributed by atoms with E-state index in [0.717, 1.165) is 38.1 Å². The third kappa shape index (κ3) is 3.29. The highest BCUT2D eigenvalue weighted by Gasteiger charge is 2.48. The molecule has 2 unspecified atom stereocenters. The van der Waals surface area contributed by atoms with Crippen LogP contribution in [-0.4, -0.2) is 50.7 Å². The van der Waals surface area contributed by atoms with Crippen molar-refractivity contribution >= 4 is 5.97 Å². The Morgan fingerprint density at radius 3 is 2.74 bits per heavy atom. The van der Waals surface area contributed by atoms with Gasteiger partial charge in [0.05, 0.1) is 7.11 Å². The first-order chi connectivity index (χ1) is 9.12. The van der Waals surface area contributed by atoms with E-state index in [1.165, 1.54) is 26.5 Å². The molecule has 4 nitrogen and oxygen atoms in total. The second kappa shape index (κ2) is 6.23. The molecular formula is C15H28N2O2. The number of nitrogens with one attached hydrogen (secondary N) is 1. The number of likely N-dealkylation sites (N-methyl/N-ethyl adjacent to an activating group) is 1. The van der Waals surface area contributed by atoms with Gasteiger partial charge in [-0.05, 0) is 64.6 Å². The van der Waals surface area contributed by atoms with Crippen molar-refractivity contribution < 1.29 is 9.53 Å². The number of carbonyl (C=O) groups is 1. The predicted molar refractivity (Wildman–Crippen MR) is 76.0 cm³/mol. The Morgan fingerprint density at radius 1 is 1.42 bits per heavy atom. The number of nitrogens with zero attached hydrogens (tertiary/aromatic N) is 1. The molecule has 0 amide bonds. The van der Waals surface area contributed by atoms with Crippen molar-refractivity contribution in [1.82, 2.24) is 10.2 Å². The molecule has 0 spiro atoms. The Kier molecular flexibility index (Phi) is 4.85. The van der Waals surface area contributed by atoms with Crippen molar-refractivity contribution in [2.75, 3.05) is 34.3 Å². The lowest BCUT2D eigenvalue weighted by atomic mass is 9.84. The van der Waals surface area contributed by atoms with Gasteiger partial charge in [-0.1, -0.05) is 6.42 Å². The Labute approximate surface area is 116 Å². The molecule has 0 aliphatic heterocycles. The molecule has 2 rings (SSSR count). The minimum absolute atomic E-state index is 0.0812. The second-order valence-corrected chi connectivity index (χ2v) is 6.30. The third-order valence-corrected chi connectivity index (χ3v) is 4.94. The number of carbonyl (C=O) groups excluding carboxylic acids is 1. The van der Waals surface area contributed by atoms with Crippen LogP contribution in [0.25, 0.3) is 0 Å². The Balaban J connectivity index is 1.87. The molecule has 19 heavy (non-hydrogen) atoms. The van der Waals surface area contributed by atoms with Crippen molar-refractivity contribution in [3.05, 3.63) is 0 Å². The van der Waals surface area contributed by atoms with Gasteiger partial charge < -0.3 is 15.0 Å². The SMILES string of the molecule is CNC1(C(=O)OC)CCCC1CCN(C)CC1CC1. The van der Waals surface area contributed by atoms with Crippen molar-refractivity contribution in [3.63, 3.8) is 0 Å². The minimum atomic E-state index is -0.435. The van der Waals surface area contributed by atoms with Gasteiger partial charge in [-0.25, -0.2) is 0 Å². The molecule has 2 atom stereocenters. The predicted octanol–water partition coefficient (Wildman–Crippen LogP) is 1.65. The summed E-state index contributed by atoms with van der Waals surface area (Å²) in [4.78, 5) is 14.5. The average Bonchev–Trinajstić information content (AvgIpc) is 3.12. The zero-order valence-electron chi connectivity index (χ0n) is 12.6. The molecule has 0 bridgehead atoms. The van der Waals surface area contributed by atoms with Gasteiger partial charge in [-0.2, -0.15) is 0 Å². The highest BCUT2D eigenvalue weighted by Crippen LogP contribution is 2.39. The lowest BCUT2D eigenvalue weighted by Crippen LogP contribution is -2.54. The second-order valence-electron chi connectivity index (χ2n) is 6.30. The maximum Gasteiger partial charge on any atom is 0.326 e. The molecule has 1 N–H and O–H groups in total. The summed E-state index contributed by atoms with van der Waals surface area (Å²) in [7, 11) is 5.59. The van der Waals surface area contributed by atoms with Crippen LogP contribution in [0.1, 0.15) is 38.5 Å². The maximum atomic E-state index is 12.1. The first-order valence-corrected chi connectivity index (χ1v) is 7.58. The van der Waals surface area contributed by atoms with Gasteiger partial charge >= 0.3 is 5.97 Å². The largest absolute Gasteiger partial charge is 0.468 e. The molecule has 0 aromatic rings. The van der Waals surface area contributed by atoms with Crippen molar-refractivity contribution in [2.24, 2.45) is 11.8 Å². The van der Waals surface area contributed by atoms with Crippen LogP contribution in [0.15, 0.2) is 0 Å². The maximum absolute atomic E-state index is 12.1. The Hall–Kier alpha value is -0.610. The zero-order valence-corrected chi connectivity index (χ0v) is 12.6. The normalized spacial score (nSPS) is 30.8. The molecule has 0 aromatic carbocycles. The van der Waals surface area contributed by atoms with Gasteiger partial charge in [-0.3, -0.25) is 4.79 Å². The van der Waals surface area contributed by atoms with Crippen molar-refractivity contribution in [1.29, 1.82) is 0 Å². The molecule has 0 heterocycles. The van der Waals surface area contributed by atoms with Crippen LogP contribution < -0.4 is 5.32 Å². The van der Waals surface area contributed by atoms with E-state index >= 15 is 0 Å². The van der Waals surface area contributed by atoms with Crippen LogP contribution >= 0.6 is 0 Å². The number of hydrogen-bond acceptors (Lipinski definition) is 4. The van der Waals surface area contributed by atoms with E-state index in [1.54, 1.807) is 0 Å². The molecule has 0 radical (unpaired) electrons. The lowest BCUT2D eigenvalue weighted by Gasteiger charge is -2.33. The lowest BCUT2D eigenvalue weighted by molar-refractivity contribution is -0.150. The Morgan fingerprint density at radius 2 is 2.16 bits per heavy atom.